The van der Waals surface area contributed by atoms with Crippen LogP contribution in [0, 0.1) is 5.92 Å². The van der Waals surface area contributed by atoms with E-state index in [2.05, 4.69) is 15.3 Å². The predicted molar refractivity (Wildman–Crippen MR) is 112 cm³/mol. The molecule has 3 heterocycles. The molecule has 1 aromatic carbocycles. The number of pyridine rings is 1. The molecule has 0 bridgehead atoms. The fourth-order valence-corrected chi connectivity index (χ4v) is 4.31. The van der Waals surface area contributed by atoms with Crippen molar-refractivity contribution in [1.29, 1.82) is 0 Å². The minimum absolute atomic E-state index is 0.0209. The third-order valence-corrected chi connectivity index (χ3v) is 6.07. The second-order valence-electron chi connectivity index (χ2n) is 7.11. The molecule has 0 aliphatic carbocycles. The fraction of sp³-hybridized carbons (Fsp3) is 0.273. The minimum Gasteiger partial charge on any atom is -0.350 e. The second kappa shape index (κ2) is 8.53. The summed E-state index contributed by atoms with van der Waals surface area (Å²) in [4.78, 5) is 35.7. The van der Waals surface area contributed by atoms with Crippen LogP contribution in [0.2, 0.25) is 0 Å². The Morgan fingerprint density at radius 3 is 2.79 bits per heavy atom. The van der Waals surface area contributed by atoms with E-state index < -0.39 is 0 Å². The molecule has 0 spiro atoms. The topological polar surface area (TPSA) is 75.2 Å². The van der Waals surface area contributed by atoms with Gasteiger partial charge in [-0.15, -0.1) is 11.3 Å². The molecule has 3 aromatic rings. The SMILES string of the molecule is CC(c1ccccc1)N1CC(C(=O)NCc2csc(-c3ccccn3)n2)CC1=O. The quantitative estimate of drug-likeness (QED) is 0.681. The number of hydrogen-bond acceptors (Lipinski definition) is 5. The highest BCUT2D eigenvalue weighted by atomic mass is 32.1. The average Bonchev–Trinajstić information content (AvgIpc) is 3.40. The number of benzene rings is 1. The summed E-state index contributed by atoms with van der Waals surface area (Å²) in [7, 11) is 0. The normalized spacial score (nSPS) is 17.3. The van der Waals surface area contributed by atoms with Gasteiger partial charge >= 0.3 is 0 Å². The molecule has 29 heavy (non-hydrogen) atoms. The van der Waals surface area contributed by atoms with Gasteiger partial charge in [-0.2, -0.15) is 0 Å². The maximum Gasteiger partial charge on any atom is 0.225 e. The minimum atomic E-state index is -0.331. The van der Waals surface area contributed by atoms with E-state index >= 15 is 0 Å². The van der Waals surface area contributed by atoms with Crippen LogP contribution in [-0.2, 0) is 16.1 Å². The number of thiazole rings is 1. The highest BCUT2D eigenvalue weighted by Crippen LogP contribution is 2.28. The summed E-state index contributed by atoms with van der Waals surface area (Å²) in [5.74, 6) is -0.413. The molecule has 4 rings (SSSR count). The number of hydrogen-bond donors (Lipinski definition) is 1. The van der Waals surface area contributed by atoms with Gasteiger partial charge in [-0.1, -0.05) is 36.4 Å². The van der Waals surface area contributed by atoms with Crippen molar-refractivity contribution in [3.05, 3.63) is 71.4 Å². The number of nitrogens with zero attached hydrogens (tertiary/aromatic N) is 3. The van der Waals surface area contributed by atoms with Crippen molar-refractivity contribution in [2.45, 2.75) is 25.9 Å². The lowest BCUT2D eigenvalue weighted by atomic mass is 10.1. The standard InChI is InChI=1S/C22H22N4O2S/c1-15(16-7-3-2-4-8-16)26-13-17(11-20(26)27)21(28)24-12-18-14-29-22(25-18)19-9-5-6-10-23-19/h2-10,14-15,17H,11-13H2,1H3,(H,24,28). The number of carbonyl (C=O) groups excluding carboxylic acids is 2. The summed E-state index contributed by atoms with van der Waals surface area (Å²) in [6.45, 7) is 2.79. The van der Waals surface area contributed by atoms with Gasteiger partial charge in [0.15, 0.2) is 0 Å². The van der Waals surface area contributed by atoms with E-state index in [0.29, 0.717) is 13.1 Å². The Bertz CT molecular complexity index is 990. The van der Waals surface area contributed by atoms with E-state index in [0.717, 1.165) is 22.0 Å². The molecule has 0 saturated carbocycles. The number of carbonyl (C=O) groups is 2. The van der Waals surface area contributed by atoms with Crippen molar-refractivity contribution >= 4 is 23.2 Å². The molecule has 2 unspecified atom stereocenters. The Morgan fingerprint density at radius 1 is 1.24 bits per heavy atom. The van der Waals surface area contributed by atoms with Crippen molar-refractivity contribution < 1.29 is 9.59 Å². The number of amides is 2. The predicted octanol–water partition coefficient (Wildman–Crippen LogP) is 3.43. The van der Waals surface area contributed by atoms with Crippen molar-refractivity contribution in [2.24, 2.45) is 5.92 Å². The largest absolute Gasteiger partial charge is 0.350 e. The molecule has 1 aliphatic rings. The van der Waals surface area contributed by atoms with Crippen LogP contribution >= 0.6 is 11.3 Å². The summed E-state index contributed by atoms with van der Waals surface area (Å²) in [5, 5.41) is 5.68. The highest BCUT2D eigenvalue weighted by molar-refractivity contribution is 7.13. The van der Waals surface area contributed by atoms with Crippen LogP contribution in [0.15, 0.2) is 60.1 Å². The Balaban J connectivity index is 1.34. The lowest BCUT2D eigenvalue weighted by Gasteiger charge is -2.25. The van der Waals surface area contributed by atoms with E-state index in [9.17, 15) is 9.59 Å². The summed E-state index contributed by atoms with van der Waals surface area (Å²) < 4.78 is 0. The van der Waals surface area contributed by atoms with Gasteiger partial charge in [0.2, 0.25) is 11.8 Å². The summed E-state index contributed by atoms with van der Waals surface area (Å²) in [5.41, 5.74) is 2.69. The van der Waals surface area contributed by atoms with Crippen LogP contribution in [0.3, 0.4) is 0 Å². The zero-order chi connectivity index (χ0) is 20.2. The van der Waals surface area contributed by atoms with Crippen molar-refractivity contribution in [1.82, 2.24) is 20.2 Å². The van der Waals surface area contributed by atoms with Crippen LogP contribution < -0.4 is 5.32 Å². The van der Waals surface area contributed by atoms with Gasteiger partial charge in [-0.05, 0) is 24.6 Å². The first-order valence-corrected chi connectivity index (χ1v) is 10.5. The third kappa shape index (κ3) is 4.35. The maximum absolute atomic E-state index is 12.6. The molecule has 7 heteroatoms. The van der Waals surface area contributed by atoms with Crippen LogP contribution in [0.1, 0.15) is 30.6 Å². The summed E-state index contributed by atoms with van der Waals surface area (Å²) in [6.07, 6.45) is 1.98. The monoisotopic (exact) mass is 406 g/mol. The Morgan fingerprint density at radius 2 is 2.03 bits per heavy atom. The highest BCUT2D eigenvalue weighted by Gasteiger charge is 2.36. The lowest BCUT2D eigenvalue weighted by molar-refractivity contribution is -0.130. The van der Waals surface area contributed by atoms with Gasteiger partial charge in [-0.3, -0.25) is 14.6 Å². The molecule has 0 radical (unpaired) electrons. The van der Waals surface area contributed by atoms with Crippen LogP contribution in [0.4, 0.5) is 0 Å². The van der Waals surface area contributed by atoms with Crippen molar-refractivity contribution in [2.75, 3.05) is 6.54 Å². The smallest absolute Gasteiger partial charge is 0.225 e. The van der Waals surface area contributed by atoms with Gasteiger partial charge in [-0.25, -0.2) is 4.98 Å². The molecule has 148 valence electrons. The molecular weight excluding hydrogens is 384 g/mol. The van der Waals surface area contributed by atoms with Crippen LogP contribution in [0.25, 0.3) is 10.7 Å². The zero-order valence-electron chi connectivity index (χ0n) is 16.1. The first kappa shape index (κ1) is 19.3. The van der Waals surface area contributed by atoms with Gasteiger partial charge in [0.05, 0.1) is 29.9 Å². The summed E-state index contributed by atoms with van der Waals surface area (Å²) in [6, 6.07) is 15.5. The maximum atomic E-state index is 12.6. The third-order valence-electron chi connectivity index (χ3n) is 5.16. The molecule has 1 saturated heterocycles. The van der Waals surface area contributed by atoms with Crippen LogP contribution in [0.5, 0.6) is 0 Å². The lowest BCUT2D eigenvalue weighted by Crippen LogP contribution is -2.33. The Kier molecular flexibility index (Phi) is 5.67. The molecule has 2 aromatic heterocycles. The van der Waals surface area contributed by atoms with Crippen molar-refractivity contribution in [3.8, 4) is 10.7 Å². The van der Waals surface area contributed by atoms with E-state index in [-0.39, 0.29) is 30.2 Å². The molecule has 2 atom stereocenters. The number of aromatic nitrogens is 2. The Hall–Kier alpha value is -3.06. The van der Waals surface area contributed by atoms with E-state index in [1.54, 1.807) is 11.1 Å². The molecule has 2 amide bonds. The molecule has 1 fully saturated rings. The first-order valence-electron chi connectivity index (χ1n) is 9.60. The zero-order valence-corrected chi connectivity index (χ0v) is 16.9. The molecule has 1 N–H and O–H groups in total. The molecular formula is C22H22N4O2S. The van der Waals surface area contributed by atoms with Crippen molar-refractivity contribution in [3.63, 3.8) is 0 Å². The first-order chi connectivity index (χ1) is 14.1. The number of nitrogens with one attached hydrogen (secondary N) is 1. The van der Waals surface area contributed by atoms with E-state index in [4.69, 9.17) is 0 Å². The van der Waals surface area contributed by atoms with Gasteiger partial charge in [0, 0.05) is 24.5 Å². The molecule has 6 nitrogen and oxygen atoms in total. The van der Waals surface area contributed by atoms with E-state index in [1.807, 2.05) is 60.8 Å². The summed E-state index contributed by atoms with van der Waals surface area (Å²) >= 11 is 1.50. The molecule has 1 aliphatic heterocycles. The number of likely N-dealkylation sites (tertiary alicyclic amines) is 1. The van der Waals surface area contributed by atoms with Gasteiger partial charge < -0.3 is 10.2 Å². The Labute approximate surface area is 173 Å². The average molecular weight is 407 g/mol. The fourth-order valence-electron chi connectivity index (χ4n) is 3.51. The second-order valence-corrected chi connectivity index (χ2v) is 7.97. The van der Waals surface area contributed by atoms with E-state index in [1.165, 1.54) is 11.3 Å². The van der Waals surface area contributed by atoms with Crippen LogP contribution in [-0.4, -0.2) is 33.2 Å². The number of rotatable bonds is 6. The van der Waals surface area contributed by atoms with Gasteiger partial charge in [0.25, 0.3) is 0 Å². The van der Waals surface area contributed by atoms with Gasteiger partial charge in [0.1, 0.15) is 5.01 Å².